The fourth-order valence-corrected chi connectivity index (χ4v) is 1.64. The van der Waals surface area contributed by atoms with Gasteiger partial charge in [-0.25, -0.2) is 8.78 Å². The second-order valence-electron chi connectivity index (χ2n) is 1.93. The van der Waals surface area contributed by atoms with Crippen molar-refractivity contribution >= 4 is 22.5 Å². The van der Waals surface area contributed by atoms with Gasteiger partial charge in [-0.3, -0.25) is 0 Å². The zero-order valence-corrected chi connectivity index (χ0v) is 7.21. The Morgan fingerprint density at radius 3 is 2.36 bits per heavy atom. The topological polar surface area (TPSA) is 0 Å². The first-order chi connectivity index (χ1) is 5.25. The molecule has 0 nitrogen and oxygen atoms in total. The molecule has 0 N–H and O–H groups in total. The average molecular weight is 192 g/mol. The SMILES string of the molecule is FC(F)c1ccccc1SS. The van der Waals surface area contributed by atoms with E-state index >= 15 is 0 Å². The predicted octanol–water partition coefficient (Wildman–Crippen LogP) is 3.56. The van der Waals surface area contributed by atoms with Gasteiger partial charge in [0.1, 0.15) is 0 Å². The Kier molecular flexibility index (Phi) is 3.20. The van der Waals surface area contributed by atoms with E-state index in [2.05, 4.69) is 11.7 Å². The maximum atomic E-state index is 12.2. The Bertz CT molecular complexity index is 238. The van der Waals surface area contributed by atoms with Crippen molar-refractivity contribution in [2.75, 3.05) is 0 Å². The van der Waals surface area contributed by atoms with E-state index in [1.54, 1.807) is 18.2 Å². The Morgan fingerprint density at radius 2 is 1.91 bits per heavy atom. The number of alkyl halides is 2. The molecule has 0 amide bonds. The van der Waals surface area contributed by atoms with Crippen LogP contribution in [-0.2, 0) is 0 Å². The van der Waals surface area contributed by atoms with Gasteiger partial charge in [-0.05, 0) is 6.07 Å². The first kappa shape index (κ1) is 8.87. The number of hydrogen-bond acceptors (Lipinski definition) is 2. The van der Waals surface area contributed by atoms with Crippen LogP contribution in [0.5, 0.6) is 0 Å². The highest BCUT2D eigenvalue weighted by atomic mass is 33.1. The van der Waals surface area contributed by atoms with Gasteiger partial charge in [0.05, 0.1) is 0 Å². The largest absolute Gasteiger partial charge is 0.264 e. The quantitative estimate of drug-likeness (QED) is 0.552. The Hall–Kier alpha value is -0.220. The van der Waals surface area contributed by atoms with E-state index in [0.717, 1.165) is 10.8 Å². The molecule has 11 heavy (non-hydrogen) atoms. The second-order valence-corrected chi connectivity index (χ2v) is 3.10. The maximum Gasteiger partial charge on any atom is 0.264 e. The van der Waals surface area contributed by atoms with E-state index in [1.165, 1.54) is 6.07 Å². The van der Waals surface area contributed by atoms with Crippen LogP contribution in [0.2, 0.25) is 0 Å². The van der Waals surface area contributed by atoms with E-state index in [9.17, 15) is 8.78 Å². The van der Waals surface area contributed by atoms with Crippen molar-refractivity contribution in [2.24, 2.45) is 0 Å². The van der Waals surface area contributed by atoms with E-state index in [0.29, 0.717) is 4.90 Å². The van der Waals surface area contributed by atoms with Crippen LogP contribution < -0.4 is 0 Å². The minimum Gasteiger partial charge on any atom is -0.205 e. The third-order valence-electron chi connectivity index (χ3n) is 1.25. The van der Waals surface area contributed by atoms with Crippen LogP contribution in [0.3, 0.4) is 0 Å². The number of thiol groups is 1. The van der Waals surface area contributed by atoms with Gasteiger partial charge < -0.3 is 0 Å². The summed E-state index contributed by atoms with van der Waals surface area (Å²) in [7, 11) is 1.04. The fourth-order valence-electron chi connectivity index (χ4n) is 0.744. The molecule has 0 fully saturated rings. The van der Waals surface area contributed by atoms with Crippen LogP contribution in [0.4, 0.5) is 8.78 Å². The van der Waals surface area contributed by atoms with Crippen LogP contribution in [0.25, 0.3) is 0 Å². The zero-order chi connectivity index (χ0) is 8.27. The van der Waals surface area contributed by atoms with Gasteiger partial charge in [-0.15, -0.1) is 11.7 Å². The highest BCUT2D eigenvalue weighted by Gasteiger charge is 2.10. The number of rotatable bonds is 2. The molecule has 0 bridgehead atoms. The second kappa shape index (κ2) is 3.97. The van der Waals surface area contributed by atoms with Crippen LogP contribution in [0.15, 0.2) is 29.2 Å². The summed E-state index contributed by atoms with van der Waals surface area (Å²) in [6, 6.07) is 6.34. The summed E-state index contributed by atoms with van der Waals surface area (Å²) < 4.78 is 24.3. The Labute approximate surface area is 72.8 Å². The van der Waals surface area contributed by atoms with Gasteiger partial charge in [0.15, 0.2) is 0 Å². The average Bonchev–Trinajstić information content (AvgIpc) is 2.04. The van der Waals surface area contributed by atoms with Crippen molar-refractivity contribution < 1.29 is 8.78 Å². The first-order valence-electron chi connectivity index (χ1n) is 2.94. The molecule has 1 rings (SSSR count). The van der Waals surface area contributed by atoms with Crippen molar-refractivity contribution in [3.8, 4) is 0 Å². The third-order valence-corrected chi connectivity index (χ3v) is 2.41. The normalized spacial score (nSPS) is 10.5. The van der Waals surface area contributed by atoms with E-state index in [1.807, 2.05) is 0 Å². The van der Waals surface area contributed by atoms with Crippen molar-refractivity contribution in [3.63, 3.8) is 0 Å². The lowest BCUT2D eigenvalue weighted by atomic mass is 10.2. The first-order valence-corrected chi connectivity index (χ1v) is 4.81. The Balaban J connectivity index is 3.02. The van der Waals surface area contributed by atoms with Gasteiger partial charge in [0.25, 0.3) is 6.43 Å². The van der Waals surface area contributed by atoms with Crippen molar-refractivity contribution in [2.45, 2.75) is 11.3 Å². The number of benzene rings is 1. The highest BCUT2D eigenvalue weighted by molar-refractivity contribution is 8.68. The lowest BCUT2D eigenvalue weighted by Crippen LogP contribution is -1.85. The van der Waals surface area contributed by atoms with E-state index in [4.69, 9.17) is 0 Å². The fraction of sp³-hybridized carbons (Fsp3) is 0.143. The van der Waals surface area contributed by atoms with Crippen LogP contribution in [0, 0.1) is 0 Å². The smallest absolute Gasteiger partial charge is 0.205 e. The molecule has 0 radical (unpaired) electrons. The predicted molar refractivity (Wildman–Crippen MR) is 46.2 cm³/mol. The Morgan fingerprint density at radius 1 is 1.27 bits per heavy atom. The molecule has 4 heteroatoms. The lowest BCUT2D eigenvalue weighted by Gasteiger charge is -2.03. The summed E-state index contributed by atoms with van der Waals surface area (Å²) in [5, 5.41) is 0. The summed E-state index contributed by atoms with van der Waals surface area (Å²) in [6.45, 7) is 0. The molecular formula is C7H6F2S2. The van der Waals surface area contributed by atoms with Crippen LogP contribution in [-0.4, -0.2) is 0 Å². The molecule has 1 aromatic carbocycles. The summed E-state index contributed by atoms with van der Waals surface area (Å²) in [5.41, 5.74) is 0.0486. The molecule has 0 aliphatic heterocycles. The minimum atomic E-state index is -2.41. The third kappa shape index (κ3) is 2.10. The lowest BCUT2D eigenvalue weighted by molar-refractivity contribution is 0.148. The van der Waals surface area contributed by atoms with Gasteiger partial charge in [-0.2, -0.15) is 0 Å². The molecule has 0 saturated heterocycles. The van der Waals surface area contributed by atoms with E-state index < -0.39 is 6.43 Å². The van der Waals surface area contributed by atoms with Crippen molar-refractivity contribution in [1.82, 2.24) is 0 Å². The van der Waals surface area contributed by atoms with Crippen molar-refractivity contribution in [3.05, 3.63) is 29.8 Å². The van der Waals surface area contributed by atoms with Gasteiger partial charge in [0.2, 0.25) is 0 Å². The molecule has 0 aromatic heterocycles. The molecule has 1 aromatic rings. The molecule has 0 aliphatic rings. The molecule has 0 spiro atoms. The highest BCUT2D eigenvalue weighted by Crippen LogP contribution is 2.31. The molecular weight excluding hydrogens is 186 g/mol. The van der Waals surface area contributed by atoms with Crippen molar-refractivity contribution in [1.29, 1.82) is 0 Å². The standard InChI is InChI=1S/C7H6F2S2/c8-7(9)5-3-1-2-4-6(5)11-10/h1-4,7,10H. The zero-order valence-electron chi connectivity index (χ0n) is 5.50. The molecule has 0 aliphatic carbocycles. The summed E-state index contributed by atoms with van der Waals surface area (Å²) in [4.78, 5) is 0.519. The van der Waals surface area contributed by atoms with Crippen LogP contribution >= 0.6 is 22.5 Å². The molecule has 0 unspecified atom stereocenters. The minimum absolute atomic E-state index is 0.0486. The molecule has 0 saturated carbocycles. The number of halogens is 2. The van der Waals surface area contributed by atoms with Gasteiger partial charge in [0, 0.05) is 10.5 Å². The number of hydrogen-bond donors (Lipinski definition) is 1. The van der Waals surface area contributed by atoms with E-state index in [-0.39, 0.29) is 5.56 Å². The summed E-state index contributed by atoms with van der Waals surface area (Å²) in [6.07, 6.45) is -2.41. The molecule has 0 atom stereocenters. The van der Waals surface area contributed by atoms with Crippen LogP contribution in [0.1, 0.15) is 12.0 Å². The molecule has 0 heterocycles. The maximum absolute atomic E-state index is 12.2. The summed E-state index contributed by atoms with van der Waals surface area (Å²) in [5.74, 6) is 0. The molecule has 60 valence electrons. The monoisotopic (exact) mass is 192 g/mol. The van der Waals surface area contributed by atoms with Gasteiger partial charge in [-0.1, -0.05) is 29.0 Å². The van der Waals surface area contributed by atoms with Gasteiger partial charge >= 0.3 is 0 Å². The summed E-state index contributed by atoms with van der Waals surface area (Å²) >= 11 is 3.86.